The molecule has 0 aliphatic heterocycles. The Bertz CT molecular complexity index is 631. The third kappa shape index (κ3) is 3.04. The van der Waals surface area contributed by atoms with Crippen LogP contribution in [0.5, 0.6) is 0 Å². The van der Waals surface area contributed by atoms with Crippen molar-refractivity contribution in [1.82, 2.24) is 4.72 Å². The molecule has 3 N–H and O–H groups in total. The number of hydrogen-bond donors (Lipinski definition) is 2. The molecule has 1 aliphatic rings. The molecule has 0 aromatic heterocycles. The second kappa shape index (κ2) is 5.55. The van der Waals surface area contributed by atoms with E-state index in [2.05, 4.69) is 4.72 Å². The summed E-state index contributed by atoms with van der Waals surface area (Å²) in [5, 5.41) is 0. The van der Waals surface area contributed by atoms with Crippen molar-refractivity contribution >= 4 is 15.7 Å². The quantitative estimate of drug-likeness (QED) is 0.813. The summed E-state index contributed by atoms with van der Waals surface area (Å²) >= 11 is 0. The smallest absolute Gasteiger partial charge is 0.243 e. The Morgan fingerprint density at radius 3 is 2.71 bits per heavy atom. The molecule has 0 bridgehead atoms. The number of hydrogen-bond acceptors (Lipinski definition) is 4. The third-order valence-corrected chi connectivity index (χ3v) is 5.57. The van der Waals surface area contributed by atoms with E-state index in [0.29, 0.717) is 13.0 Å². The molecule has 2 unspecified atom stereocenters. The summed E-state index contributed by atoms with van der Waals surface area (Å²) in [6, 6.07) is 3.22. The van der Waals surface area contributed by atoms with Gasteiger partial charge in [0.25, 0.3) is 0 Å². The highest BCUT2D eigenvalue weighted by molar-refractivity contribution is 7.89. The predicted molar refractivity (Wildman–Crippen MR) is 78.7 cm³/mol. The normalized spacial score (nSPS) is 24.6. The highest BCUT2D eigenvalue weighted by atomic mass is 32.2. The predicted octanol–water partition coefficient (Wildman–Crippen LogP) is 1.89. The Morgan fingerprint density at radius 1 is 1.48 bits per heavy atom. The highest BCUT2D eigenvalue weighted by Crippen LogP contribution is 2.43. The fourth-order valence-corrected chi connectivity index (χ4v) is 4.06. The van der Waals surface area contributed by atoms with E-state index >= 15 is 0 Å². The Kier molecular flexibility index (Phi) is 4.28. The van der Waals surface area contributed by atoms with Crippen molar-refractivity contribution in [3.05, 3.63) is 24.0 Å². The van der Waals surface area contributed by atoms with Crippen molar-refractivity contribution < 1.29 is 17.5 Å². The molecule has 1 fully saturated rings. The minimum absolute atomic E-state index is 0.000824. The molecular weight excluding hydrogens is 295 g/mol. The second-order valence-electron chi connectivity index (χ2n) is 5.86. The van der Waals surface area contributed by atoms with Crippen LogP contribution in [0.4, 0.5) is 10.1 Å². The number of rotatable bonds is 5. The van der Waals surface area contributed by atoms with Gasteiger partial charge in [0.2, 0.25) is 10.0 Å². The monoisotopic (exact) mass is 316 g/mol. The minimum atomic E-state index is -3.94. The van der Waals surface area contributed by atoms with Crippen molar-refractivity contribution in [3.8, 4) is 0 Å². The fraction of sp³-hybridized carbons (Fsp3) is 0.571. The number of benzene rings is 1. The van der Waals surface area contributed by atoms with E-state index in [4.69, 9.17) is 10.5 Å². The van der Waals surface area contributed by atoms with E-state index in [0.717, 1.165) is 12.1 Å². The molecule has 7 heteroatoms. The van der Waals surface area contributed by atoms with Gasteiger partial charge in [0.05, 0.1) is 6.10 Å². The number of sulfonamides is 1. The van der Waals surface area contributed by atoms with Gasteiger partial charge in [-0.3, -0.25) is 0 Å². The Hall–Kier alpha value is -1.18. The maximum Gasteiger partial charge on any atom is 0.243 e. The molecule has 2 rings (SSSR count). The van der Waals surface area contributed by atoms with E-state index in [1.54, 1.807) is 0 Å². The number of anilines is 1. The molecule has 5 nitrogen and oxygen atoms in total. The summed E-state index contributed by atoms with van der Waals surface area (Å²) in [5.74, 6) is -0.810. The average Bonchev–Trinajstić information content (AvgIpc) is 2.40. The molecule has 118 valence electrons. The molecule has 0 amide bonds. The molecule has 1 aromatic carbocycles. The van der Waals surface area contributed by atoms with Gasteiger partial charge >= 0.3 is 0 Å². The molecule has 0 heterocycles. The first-order valence-electron chi connectivity index (χ1n) is 6.87. The van der Waals surface area contributed by atoms with Gasteiger partial charge in [-0.05, 0) is 31.5 Å². The summed E-state index contributed by atoms with van der Waals surface area (Å²) in [6.45, 7) is 6.34. The molecule has 1 saturated carbocycles. The van der Waals surface area contributed by atoms with Gasteiger partial charge in [-0.2, -0.15) is 0 Å². The molecule has 21 heavy (non-hydrogen) atoms. The number of halogens is 1. The SMILES string of the molecule is CCOC1CC(NS(=O)(=O)c2cc(N)ccc2F)C1(C)C. The lowest BCUT2D eigenvalue weighted by atomic mass is 9.65. The summed E-state index contributed by atoms with van der Waals surface area (Å²) < 4.78 is 46.5. The zero-order valence-corrected chi connectivity index (χ0v) is 13.2. The van der Waals surface area contributed by atoms with E-state index in [1.165, 1.54) is 6.07 Å². The largest absolute Gasteiger partial charge is 0.399 e. The topological polar surface area (TPSA) is 81.4 Å². The Morgan fingerprint density at radius 2 is 2.14 bits per heavy atom. The van der Waals surface area contributed by atoms with E-state index in [-0.39, 0.29) is 23.2 Å². The summed E-state index contributed by atoms with van der Waals surface area (Å²) in [6.07, 6.45) is 0.574. The van der Waals surface area contributed by atoms with Crippen LogP contribution in [0.3, 0.4) is 0 Å². The third-order valence-electron chi connectivity index (χ3n) is 4.09. The molecule has 0 spiro atoms. The van der Waals surface area contributed by atoms with Crippen molar-refractivity contribution in [1.29, 1.82) is 0 Å². The van der Waals surface area contributed by atoms with Crippen LogP contribution < -0.4 is 10.5 Å². The molecule has 1 aliphatic carbocycles. The Labute approximate surface area is 124 Å². The number of nitrogens with one attached hydrogen (secondary N) is 1. The minimum Gasteiger partial charge on any atom is -0.399 e. The van der Waals surface area contributed by atoms with Gasteiger partial charge in [-0.15, -0.1) is 0 Å². The van der Waals surface area contributed by atoms with Crippen LogP contribution in [-0.2, 0) is 14.8 Å². The standard InChI is InChI=1S/C14H21FN2O3S/c1-4-20-13-8-12(14(13,2)3)17-21(18,19)11-7-9(16)5-6-10(11)15/h5-7,12-13,17H,4,8,16H2,1-3H3. The van der Waals surface area contributed by atoms with Crippen molar-refractivity contribution in [2.24, 2.45) is 5.41 Å². The first-order valence-corrected chi connectivity index (χ1v) is 8.35. The maximum absolute atomic E-state index is 13.7. The highest BCUT2D eigenvalue weighted by Gasteiger charge is 2.50. The Balaban J connectivity index is 2.18. The van der Waals surface area contributed by atoms with Crippen molar-refractivity contribution in [3.63, 3.8) is 0 Å². The number of nitrogens with two attached hydrogens (primary N) is 1. The summed E-state index contributed by atoms with van der Waals surface area (Å²) in [7, 11) is -3.94. The first-order chi connectivity index (χ1) is 9.68. The molecule has 0 radical (unpaired) electrons. The van der Waals surface area contributed by atoms with E-state index < -0.39 is 20.7 Å². The zero-order valence-electron chi connectivity index (χ0n) is 12.4. The average molecular weight is 316 g/mol. The second-order valence-corrected chi connectivity index (χ2v) is 7.55. The van der Waals surface area contributed by atoms with Gasteiger partial charge in [-0.1, -0.05) is 13.8 Å². The van der Waals surface area contributed by atoms with E-state index in [9.17, 15) is 12.8 Å². The van der Waals surface area contributed by atoms with Gasteiger partial charge in [0, 0.05) is 23.8 Å². The first kappa shape index (κ1) is 16.2. The van der Waals surface area contributed by atoms with E-state index in [1.807, 2.05) is 20.8 Å². The molecule has 1 aromatic rings. The lowest BCUT2D eigenvalue weighted by molar-refractivity contribution is -0.108. The molecule has 0 saturated heterocycles. The van der Waals surface area contributed by atoms with Crippen LogP contribution in [-0.4, -0.2) is 27.2 Å². The maximum atomic E-state index is 13.7. The fourth-order valence-electron chi connectivity index (χ4n) is 2.55. The molecular formula is C14H21FN2O3S. The van der Waals surface area contributed by atoms with Crippen LogP contribution in [0.25, 0.3) is 0 Å². The van der Waals surface area contributed by atoms with Crippen LogP contribution in [0.1, 0.15) is 27.2 Å². The van der Waals surface area contributed by atoms with Crippen molar-refractivity contribution in [2.45, 2.75) is 44.2 Å². The summed E-state index contributed by atoms with van der Waals surface area (Å²) in [4.78, 5) is -0.418. The number of nitrogen functional groups attached to an aromatic ring is 1. The van der Waals surface area contributed by atoms with Crippen LogP contribution >= 0.6 is 0 Å². The summed E-state index contributed by atoms with van der Waals surface area (Å²) in [5.41, 5.74) is 5.41. The molecule has 2 atom stereocenters. The van der Waals surface area contributed by atoms with Gasteiger partial charge in [0.1, 0.15) is 10.7 Å². The lowest BCUT2D eigenvalue weighted by Crippen LogP contribution is -2.62. The van der Waals surface area contributed by atoms with Crippen LogP contribution in [0.2, 0.25) is 0 Å². The van der Waals surface area contributed by atoms with Crippen LogP contribution in [0, 0.1) is 11.2 Å². The lowest BCUT2D eigenvalue weighted by Gasteiger charge is -2.51. The van der Waals surface area contributed by atoms with Gasteiger partial charge in [0.15, 0.2) is 0 Å². The zero-order chi connectivity index (χ0) is 15.8. The van der Waals surface area contributed by atoms with Crippen molar-refractivity contribution in [2.75, 3.05) is 12.3 Å². The van der Waals surface area contributed by atoms with Gasteiger partial charge < -0.3 is 10.5 Å². The number of ether oxygens (including phenoxy) is 1. The van der Waals surface area contributed by atoms with Crippen LogP contribution in [0.15, 0.2) is 23.1 Å². The van der Waals surface area contributed by atoms with Gasteiger partial charge in [-0.25, -0.2) is 17.5 Å².